The van der Waals surface area contributed by atoms with E-state index in [0.29, 0.717) is 12.5 Å². The van der Waals surface area contributed by atoms with Gasteiger partial charge in [0.2, 0.25) is 10.0 Å². The van der Waals surface area contributed by atoms with E-state index in [1.54, 1.807) is 11.4 Å². The minimum atomic E-state index is -3.66. The maximum Gasteiger partial charge on any atom is 0.245 e. The summed E-state index contributed by atoms with van der Waals surface area (Å²) in [6, 6.07) is 10.4. The Balaban J connectivity index is 1.91. The van der Waals surface area contributed by atoms with Crippen LogP contribution in [-0.2, 0) is 16.6 Å². The molecule has 1 saturated carbocycles. The predicted octanol–water partition coefficient (Wildman–Crippen LogP) is 3.73. The molecule has 0 amide bonds. The molecule has 0 bridgehead atoms. The highest BCUT2D eigenvalue weighted by molar-refractivity contribution is 7.89. The molecule has 134 valence electrons. The fourth-order valence-electron chi connectivity index (χ4n) is 2.82. The van der Waals surface area contributed by atoms with Gasteiger partial charge in [0.15, 0.2) is 0 Å². The van der Waals surface area contributed by atoms with Crippen molar-refractivity contribution in [1.82, 2.24) is 9.29 Å². The van der Waals surface area contributed by atoms with Crippen LogP contribution in [0.4, 0.5) is 0 Å². The Bertz CT molecular complexity index is 818. The van der Waals surface area contributed by atoms with Gasteiger partial charge in [-0.2, -0.15) is 4.31 Å². The quantitative estimate of drug-likeness (QED) is 0.686. The predicted molar refractivity (Wildman–Crippen MR) is 97.2 cm³/mol. The number of hydrogen-bond acceptors (Lipinski definition) is 4. The number of halogens is 1. The van der Waals surface area contributed by atoms with Crippen molar-refractivity contribution >= 4 is 21.6 Å². The lowest BCUT2D eigenvalue weighted by Crippen LogP contribution is -2.39. The van der Waals surface area contributed by atoms with E-state index in [4.69, 9.17) is 16.3 Å². The van der Waals surface area contributed by atoms with Gasteiger partial charge >= 0.3 is 0 Å². The molecular weight excluding hydrogens is 360 g/mol. The molecule has 0 saturated heterocycles. The number of hydrogen-bond donors (Lipinski definition) is 0. The van der Waals surface area contributed by atoms with Gasteiger partial charge < -0.3 is 4.74 Å². The van der Waals surface area contributed by atoms with Crippen LogP contribution in [0.15, 0.2) is 47.5 Å². The third kappa shape index (κ3) is 4.14. The summed E-state index contributed by atoms with van der Waals surface area (Å²) >= 11 is 5.79. The maximum absolute atomic E-state index is 13.2. The largest absolute Gasteiger partial charge is 0.497 e. The molecule has 1 aliphatic carbocycles. The molecule has 2 aromatic rings. The van der Waals surface area contributed by atoms with Gasteiger partial charge in [-0.1, -0.05) is 23.7 Å². The van der Waals surface area contributed by atoms with Crippen LogP contribution in [0.5, 0.6) is 5.75 Å². The van der Waals surface area contributed by atoms with Crippen LogP contribution in [-0.4, -0.2) is 30.9 Å². The van der Waals surface area contributed by atoms with Gasteiger partial charge in [-0.25, -0.2) is 13.4 Å². The molecule has 0 spiro atoms. The van der Waals surface area contributed by atoms with E-state index in [-0.39, 0.29) is 16.1 Å². The van der Waals surface area contributed by atoms with Gasteiger partial charge in [0, 0.05) is 18.8 Å². The van der Waals surface area contributed by atoms with Crippen molar-refractivity contribution in [3.63, 3.8) is 0 Å². The average molecular weight is 381 g/mol. The van der Waals surface area contributed by atoms with Crippen molar-refractivity contribution in [2.75, 3.05) is 7.11 Å². The normalized spacial score (nSPS) is 16.0. The molecule has 1 aromatic heterocycles. The Labute approximate surface area is 153 Å². The minimum absolute atomic E-state index is 0.0669. The SMILES string of the molecule is COc1ccc(CN(C(C)C2CC2)S(=O)(=O)c2ccc(Cl)nc2)cc1. The summed E-state index contributed by atoms with van der Waals surface area (Å²) in [5.74, 6) is 1.16. The Morgan fingerprint density at radius 2 is 1.92 bits per heavy atom. The first-order chi connectivity index (χ1) is 11.9. The molecule has 1 aliphatic rings. The van der Waals surface area contributed by atoms with Crippen LogP contribution in [0.3, 0.4) is 0 Å². The molecular formula is C18H21ClN2O3S. The van der Waals surface area contributed by atoms with E-state index >= 15 is 0 Å². The van der Waals surface area contributed by atoms with Crippen LogP contribution >= 0.6 is 11.6 Å². The van der Waals surface area contributed by atoms with Gasteiger partial charge in [-0.05, 0) is 55.5 Å². The van der Waals surface area contributed by atoms with Gasteiger partial charge in [0.1, 0.15) is 15.8 Å². The first-order valence-corrected chi connectivity index (χ1v) is 10.00. The van der Waals surface area contributed by atoms with Crippen molar-refractivity contribution in [3.8, 4) is 5.75 Å². The number of ether oxygens (including phenoxy) is 1. The first-order valence-electron chi connectivity index (χ1n) is 8.18. The van der Waals surface area contributed by atoms with E-state index in [1.165, 1.54) is 18.3 Å². The van der Waals surface area contributed by atoms with Gasteiger partial charge in [-0.3, -0.25) is 0 Å². The lowest BCUT2D eigenvalue weighted by Gasteiger charge is -2.28. The summed E-state index contributed by atoms with van der Waals surface area (Å²) in [5.41, 5.74) is 0.916. The Kier molecular flexibility index (Phi) is 5.32. The second-order valence-corrected chi connectivity index (χ2v) is 8.57. The molecule has 0 radical (unpaired) electrons. The fraction of sp³-hybridized carbons (Fsp3) is 0.389. The molecule has 5 nitrogen and oxygen atoms in total. The lowest BCUT2D eigenvalue weighted by atomic mass is 10.1. The summed E-state index contributed by atoms with van der Waals surface area (Å²) in [7, 11) is -2.05. The molecule has 1 heterocycles. The third-order valence-corrected chi connectivity index (χ3v) is 6.70. The molecule has 1 fully saturated rings. The van der Waals surface area contributed by atoms with E-state index in [1.807, 2.05) is 31.2 Å². The van der Waals surface area contributed by atoms with Crippen molar-refractivity contribution in [2.45, 2.75) is 37.2 Å². The smallest absolute Gasteiger partial charge is 0.245 e. The fourth-order valence-corrected chi connectivity index (χ4v) is 4.56. The molecule has 25 heavy (non-hydrogen) atoms. The Morgan fingerprint density at radius 1 is 1.24 bits per heavy atom. The number of benzene rings is 1. The van der Waals surface area contributed by atoms with E-state index in [9.17, 15) is 8.42 Å². The average Bonchev–Trinajstić information content (AvgIpc) is 3.45. The maximum atomic E-state index is 13.2. The van der Waals surface area contributed by atoms with Crippen LogP contribution in [0.25, 0.3) is 0 Å². The van der Waals surface area contributed by atoms with Crippen LogP contribution < -0.4 is 4.74 Å². The number of sulfonamides is 1. The zero-order valence-electron chi connectivity index (χ0n) is 14.2. The zero-order valence-corrected chi connectivity index (χ0v) is 15.8. The number of aromatic nitrogens is 1. The summed E-state index contributed by atoms with van der Waals surface area (Å²) in [4.78, 5) is 4.09. The standard InChI is InChI=1S/C18H21ClN2O3S/c1-13(15-5-6-15)21(12-14-3-7-16(24-2)8-4-14)25(22,23)17-9-10-18(19)20-11-17/h3-4,7-11,13,15H,5-6,12H2,1-2H3. The van der Waals surface area contributed by atoms with E-state index in [2.05, 4.69) is 4.98 Å². The summed E-state index contributed by atoms with van der Waals surface area (Å²) < 4.78 is 33.1. The summed E-state index contributed by atoms with van der Waals surface area (Å²) in [6.45, 7) is 2.29. The lowest BCUT2D eigenvalue weighted by molar-refractivity contribution is 0.303. The number of nitrogens with zero attached hydrogens (tertiary/aromatic N) is 2. The van der Waals surface area contributed by atoms with Gasteiger partial charge in [0.25, 0.3) is 0 Å². The first kappa shape index (κ1) is 18.2. The van der Waals surface area contributed by atoms with Gasteiger partial charge in [0.05, 0.1) is 7.11 Å². The molecule has 1 atom stereocenters. The Morgan fingerprint density at radius 3 is 2.44 bits per heavy atom. The highest BCUT2D eigenvalue weighted by Gasteiger charge is 2.38. The second kappa shape index (κ2) is 7.32. The number of methoxy groups -OCH3 is 1. The third-order valence-electron chi connectivity index (χ3n) is 4.56. The van der Waals surface area contributed by atoms with Crippen molar-refractivity contribution in [3.05, 3.63) is 53.3 Å². The molecule has 1 unspecified atom stereocenters. The van der Waals surface area contributed by atoms with Crippen LogP contribution in [0.2, 0.25) is 5.15 Å². The van der Waals surface area contributed by atoms with Crippen molar-refractivity contribution in [2.24, 2.45) is 5.92 Å². The molecule has 0 aliphatic heterocycles. The minimum Gasteiger partial charge on any atom is -0.497 e. The summed E-state index contributed by atoms with van der Waals surface area (Å²) in [6.07, 6.45) is 3.45. The topological polar surface area (TPSA) is 59.5 Å². The molecule has 3 rings (SSSR count). The highest BCUT2D eigenvalue weighted by atomic mass is 35.5. The van der Waals surface area contributed by atoms with Crippen molar-refractivity contribution < 1.29 is 13.2 Å². The van der Waals surface area contributed by atoms with E-state index < -0.39 is 10.0 Å². The van der Waals surface area contributed by atoms with Crippen LogP contribution in [0, 0.1) is 5.92 Å². The number of rotatable bonds is 7. The zero-order chi connectivity index (χ0) is 18.0. The molecule has 0 N–H and O–H groups in total. The molecule has 7 heteroatoms. The summed E-state index contributed by atoms with van der Waals surface area (Å²) in [5, 5.41) is 0.274. The second-order valence-electron chi connectivity index (χ2n) is 6.29. The van der Waals surface area contributed by atoms with Crippen molar-refractivity contribution in [1.29, 1.82) is 0 Å². The highest BCUT2D eigenvalue weighted by Crippen LogP contribution is 2.38. The monoisotopic (exact) mass is 380 g/mol. The van der Waals surface area contributed by atoms with Crippen LogP contribution in [0.1, 0.15) is 25.3 Å². The Hall–Kier alpha value is -1.63. The van der Waals surface area contributed by atoms with Gasteiger partial charge in [-0.15, -0.1) is 0 Å². The molecule has 1 aromatic carbocycles. The van der Waals surface area contributed by atoms with E-state index in [0.717, 1.165) is 24.2 Å². The number of pyridine rings is 1.